The highest BCUT2D eigenvalue weighted by Crippen LogP contribution is 2.27. The molecule has 0 bridgehead atoms. The van der Waals surface area contributed by atoms with Crippen molar-refractivity contribution in [2.75, 3.05) is 0 Å². The number of nitrogens with two attached hydrogens (primary N) is 1. The smallest absolute Gasteiger partial charge is 0.324 e. The van der Waals surface area contributed by atoms with E-state index in [1.807, 2.05) is 0 Å². The zero-order valence-electron chi connectivity index (χ0n) is 8.49. The fourth-order valence-electron chi connectivity index (χ4n) is 1.28. The van der Waals surface area contributed by atoms with Crippen LogP contribution in [0.5, 0.6) is 0 Å². The minimum Gasteiger partial charge on any atom is -0.324 e. The van der Waals surface area contributed by atoms with E-state index in [-0.39, 0.29) is 5.56 Å². The van der Waals surface area contributed by atoms with Crippen LogP contribution >= 0.6 is 0 Å². The summed E-state index contributed by atoms with van der Waals surface area (Å²) in [5.74, 6) is -4.61. The van der Waals surface area contributed by atoms with Gasteiger partial charge in [-0.05, 0) is 24.1 Å². The van der Waals surface area contributed by atoms with Gasteiger partial charge < -0.3 is 5.73 Å². The van der Waals surface area contributed by atoms with Gasteiger partial charge in [-0.15, -0.1) is 0 Å². The molecule has 0 aliphatic heterocycles. The lowest BCUT2D eigenvalue weighted by atomic mass is 10.0. The van der Waals surface area contributed by atoms with E-state index in [1.54, 1.807) is 0 Å². The van der Waals surface area contributed by atoms with E-state index in [0.717, 1.165) is 0 Å². The predicted octanol–water partition coefficient (Wildman–Crippen LogP) is 3.45. The van der Waals surface area contributed by atoms with Gasteiger partial charge in [0.25, 0.3) is 0 Å². The summed E-state index contributed by atoms with van der Waals surface area (Å²) in [6, 6.07) is 0.0000515. The molecule has 7 heteroatoms. The largest absolute Gasteiger partial charge is 0.389 e. The standard InChI is InChI=1S/C10H9F6N/c11-6-3-5(4-7(12)9(6)13)8(17)1-2-10(14,15)16/h3-4,8H,1-2,17H2/t8-/m1/s1. The Hall–Kier alpha value is -1.24. The maximum Gasteiger partial charge on any atom is 0.389 e. The number of hydrogen-bond acceptors (Lipinski definition) is 1. The fraction of sp³-hybridized carbons (Fsp3) is 0.400. The van der Waals surface area contributed by atoms with Gasteiger partial charge >= 0.3 is 6.18 Å². The molecule has 0 spiro atoms. The predicted molar refractivity (Wildman–Crippen MR) is 48.5 cm³/mol. The lowest BCUT2D eigenvalue weighted by molar-refractivity contribution is -0.136. The summed E-state index contributed by atoms with van der Waals surface area (Å²) in [7, 11) is 0. The third-order valence-corrected chi connectivity index (χ3v) is 2.17. The van der Waals surface area contributed by atoms with Crippen molar-refractivity contribution in [2.45, 2.75) is 25.1 Å². The molecule has 0 aliphatic carbocycles. The second-order valence-corrected chi connectivity index (χ2v) is 3.56. The molecule has 1 aromatic rings. The van der Waals surface area contributed by atoms with E-state index in [2.05, 4.69) is 0 Å². The molecular weight excluding hydrogens is 248 g/mol. The topological polar surface area (TPSA) is 26.0 Å². The van der Waals surface area contributed by atoms with Gasteiger partial charge in [-0.1, -0.05) is 0 Å². The first-order valence-corrected chi connectivity index (χ1v) is 4.67. The van der Waals surface area contributed by atoms with Crippen LogP contribution in [0.3, 0.4) is 0 Å². The van der Waals surface area contributed by atoms with Crippen molar-refractivity contribution in [3.05, 3.63) is 35.1 Å². The molecule has 0 saturated heterocycles. The molecule has 0 saturated carbocycles. The Bertz CT molecular complexity index is 377. The molecule has 0 aliphatic rings. The van der Waals surface area contributed by atoms with Crippen LogP contribution in [-0.2, 0) is 0 Å². The maximum atomic E-state index is 12.8. The minimum atomic E-state index is -4.39. The zero-order chi connectivity index (χ0) is 13.2. The maximum absolute atomic E-state index is 12.8. The molecule has 2 N–H and O–H groups in total. The van der Waals surface area contributed by atoms with Gasteiger partial charge in [0.2, 0.25) is 0 Å². The van der Waals surface area contributed by atoms with Crippen LogP contribution < -0.4 is 5.73 Å². The van der Waals surface area contributed by atoms with Gasteiger partial charge in [0.05, 0.1) is 0 Å². The highest BCUT2D eigenvalue weighted by atomic mass is 19.4. The first-order chi connectivity index (χ1) is 7.70. The number of hydrogen-bond donors (Lipinski definition) is 1. The summed E-state index contributed by atoms with van der Waals surface area (Å²) in [5.41, 5.74) is 5.13. The molecule has 1 rings (SSSR count). The highest BCUT2D eigenvalue weighted by Gasteiger charge is 2.28. The Morgan fingerprint density at radius 3 is 1.94 bits per heavy atom. The van der Waals surface area contributed by atoms with Crippen molar-refractivity contribution in [3.63, 3.8) is 0 Å². The molecule has 0 heterocycles. The van der Waals surface area contributed by atoms with E-state index in [4.69, 9.17) is 5.73 Å². The van der Waals surface area contributed by atoms with Crippen LogP contribution in [0.1, 0.15) is 24.4 Å². The van der Waals surface area contributed by atoms with E-state index in [9.17, 15) is 26.3 Å². The molecule has 1 atom stereocenters. The summed E-state index contributed by atoms with van der Waals surface area (Å²) < 4.78 is 73.8. The zero-order valence-corrected chi connectivity index (χ0v) is 8.49. The monoisotopic (exact) mass is 257 g/mol. The number of benzene rings is 1. The SMILES string of the molecule is N[C@H](CCC(F)(F)F)c1cc(F)c(F)c(F)c1. The molecular formula is C10H9F6N. The lowest BCUT2D eigenvalue weighted by Crippen LogP contribution is -2.16. The van der Waals surface area contributed by atoms with Crippen LogP contribution in [-0.4, -0.2) is 6.18 Å². The summed E-state index contributed by atoms with van der Waals surface area (Å²) in [6.07, 6.45) is -6.09. The van der Waals surface area contributed by atoms with Crippen molar-refractivity contribution in [1.82, 2.24) is 0 Å². The summed E-state index contributed by atoms with van der Waals surface area (Å²) in [6.45, 7) is 0. The quantitative estimate of drug-likeness (QED) is 0.651. The van der Waals surface area contributed by atoms with Gasteiger partial charge in [-0.25, -0.2) is 13.2 Å². The van der Waals surface area contributed by atoms with Crippen molar-refractivity contribution in [3.8, 4) is 0 Å². The van der Waals surface area contributed by atoms with Crippen LogP contribution in [0.2, 0.25) is 0 Å². The average molecular weight is 257 g/mol. The van der Waals surface area contributed by atoms with Crippen LogP contribution in [0.4, 0.5) is 26.3 Å². The van der Waals surface area contributed by atoms with Crippen LogP contribution in [0, 0.1) is 17.5 Å². The van der Waals surface area contributed by atoms with Crippen molar-refractivity contribution in [2.24, 2.45) is 5.73 Å². The van der Waals surface area contributed by atoms with Crippen molar-refractivity contribution in [1.29, 1.82) is 0 Å². The molecule has 96 valence electrons. The molecule has 17 heavy (non-hydrogen) atoms. The van der Waals surface area contributed by atoms with Gasteiger partial charge in [-0.3, -0.25) is 0 Å². The number of halogens is 6. The Morgan fingerprint density at radius 2 is 1.53 bits per heavy atom. The molecule has 1 aromatic carbocycles. The van der Waals surface area contributed by atoms with E-state index >= 15 is 0 Å². The van der Waals surface area contributed by atoms with Crippen molar-refractivity contribution >= 4 is 0 Å². The Labute approximate surface area is 93.2 Å². The first-order valence-electron chi connectivity index (χ1n) is 4.67. The van der Waals surface area contributed by atoms with E-state index in [1.165, 1.54) is 0 Å². The average Bonchev–Trinajstić information content (AvgIpc) is 2.20. The Balaban J connectivity index is 2.79. The van der Waals surface area contributed by atoms with Crippen LogP contribution in [0.25, 0.3) is 0 Å². The summed E-state index contributed by atoms with van der Waals surface area (Å²) >= 11 is 0. The number of alkyl halides is 3. The Morgan fingerprint density at radius 1 is 1.06 bits per heavy atom. The van der Waals surface area contributed by atoms with Crippen LogP contribution in [0.15, 0.2) is 12.1 Å². The molecule has 1 nitrogen and oxygen atoms in total. The number of rotatable bonds is 3. The third kappa shape index (κ3) is 3.92. The molecule has 0 fully saturated rings. The lowest BCUT2D eigenvalue weighted by Gasteiger charge is -2.14. The Kier molecular flexibility index (Phi) is 4.03. The molecule has 0 aromatic heterocycles. The second-order valence-electron chi connectivity index (χ2n) is 3.56. The van der Waals surface area contributed by atoms with Gasteiger partial charge in [-0.2, -0.15) is 13.2 Å². The van der Waals surface area contributed by atoms with Gasteiger partial charge in [0.15, 0.2) is 17.5 Å². The summed E-state index contributed by atoms with van der Waals surface area (Å²) in [4.78, 5) is 0. The fourth-order valence-corrected chi connectivity index (χ4v) is 1.28. The highest BCUT2D eigenvalue weighted by molar-refractivity contribution is 5.22. The van der Waals surface area contributed by atoms with E-state index in [0.29, 0.717) is 12.1 Å². The van der Waals surface area contributed by atoms with Gasteiger partial charge in [0.1, 0.15) is 0 Å². The van der Waals surface area contributed by atoms with E-state index < -0.39 is 42.5 Å². The first kappa shape index (κ1) is 13.8. The molecule has 0 amide bonds. The minimum absolute atomic E-state index is 0.203. The molecule has 0 unspecified atom stereocenters. The van der Waals surface area contributed by atoms with Gasteiger partial charge in [0, 0.05) is 12.5 Å². The van der Waals surface area contributed by atoms with Crippen molar-refractivity contribution < 1.29 is 26.3 Å². The normalized spacial score (nSPS) is 13.8. The molecule has 0 radical (unpaired) electrons. The second kappa shape index (κ2) is 4.95. The third-order valence-electron chi connectivity index (χ3n) is 2.17. The summed E-state index contributed by atoms with van der Waals surface area (Å²) in [5, 5.41) is 0.